The molecular formula is C28H29ClFN5O3. The highest BCUT2D eigenvalue weighted by Gasteiger charge is 2.20. The van der Waals surface area contributed by atoms with Crippen molar-refractivity contribution in [1.29, 1.82) is 0 Å². The number of aromatic nitrogens is 3. The molecule has 0 unspecified atom stereocenters. The van der Waals surface area contributed by atoms with Crippen LogP contribution < -0.4 is 15.6 Å². The van der Waals surface area contributed by atoms with Gasteiger partial charge in [0.25, 0.3) is 5.56 Å². The molecule has 38 heavy (non-hydrogen) atoms. The molecule has 198 valence electrons. The number of rotatable bonds is 8. The first kappa shape index (κ1) is 27.2. The van der Waals surface area contributed by atoms with Crippen LogP contribution in [0.15, 0.2) is 53.5 Å². The van der Waals surface area contributed by atoms with Crippen molar-refractivity contribution in [2.75, 3.05) is 21.2 Å². The van der Waals surface area contributed by atoms with Crippen LogP contribution in [0.2, 0.25) is 5.02 Å². The van der Waals surface area contributed by atoms with Crippen molar-refractivity contribution in [3.05, 3.63) is 75.4 Å². The van der Waals surface area contributed by atoms with E-state index in [1.54, 1.807) is 18.3 Å². The van der Waals surface area contributed by atoms with E-state index < -0.39 is 17.3 Å². The molecular weight excluding hydrogens is 509 g/mol. The summed E-state index contributed by atoms with van der Waals surface area (Å²) in [6.45, 7) is 3.96. The SMILES string of the molecule is COc1ccc(F)c(-c2nc3ncc(-c4cc(Cl)cc(CN(C)C)c4)cc3c(=O)n2CC(=O)NC(C)C)c1. The number of hydrogen-bond acceptors (Lipinski definition) is 6. The average Bonchev–Trinajstić information content (AvgIpc) is 2.84. The number of carbonyl (C=O) groups is 1. The summed E-state index contributed by atoms with van der Waals surface area (Å²) in [7, 11) is 5.38. The number of fused-ring (bicyclic) bond motifs is 1. The summed E-state index contributed by atoms with van der Waals surface area (Å²) in [6.07, 6.45) is 1.60. The van der Waals surface area contributed by atoms with E-state index in [4.69, 9.17) is 16.3 Å². The van der Waals surface area contributed by atoms with E-state index in [0.29, 0.717) is 22.9 Å². The maximum absolute atomic E-state index is 15.0. The van der Waals surface area contributed by atoms with Gasteiger partial charge in [0.1, 0.15) is 23.9 Å². The zero-order valence-corrected chi connectivity index (χ0v) is 22.6. The molecule has 0 bridgehead atoms. The largest absolute Gasteiger partial charge is 0.497 e. The van der Waals surface area contributed by atoms with Crippen LogP contribution in [-0.2, 0) is 17.9 Å². The van der Waals surface area contributed by atoms with Crippen LogP contribution >= 0.6 is 11.6 Å². The van der Waals surface area contributed by atoms with E-state index in [-0.39, 0.29) is 35.0 Å². The summed E-state index contributed by atoms with van der Waals surface area (Å²) in [4.78, 5) is 37.5. The van der Waals surface area contributed by atoms with Crippen LogP contribution in [0, 0.1) is 5.82 Å². The Morgan fingerprint density at radius 2 is 1.92 bits per heavy atom. The van der Waals surface area contributed by atoms with Crippen LogP contribution in [-0.4, -0.2) is 52.6 Å². The van der Waals surface area contributed by atoms with Crippen LogP contribution in [0.4, 0.5) is 4.39 Å². The second kappa shape index (κ2) is 11.3. The number of ether oxygens (including phenoxy) is 1. The summed E-state index contributed by atoms with van der Waals surface area (Å²) < 4.78 is 21.4. The highest BCUT2D eigenvalue weighted by Crippen LogP contribution is 2.29. The lowest BCUT2D eigenvalue weighted by atomic mass is 10.0. The van der Waals surface area contributed by atoms with Gasteiger partial charge in [-0.3, -0.25) is 14.2 Å². The molecule has 0 aliphatic heterocycles. The molecule has 8 nitrogen and oxygen atoms in total. The van der Waals surface area contributed by atoms with Crippen molar-refractivity contribution < 1.29 is 13.9 Å². The van der Waals surface area contributed by atoms with Crippen molar-refractivity contribution in [3.63, 3.8) is 0 Å². The summed E-state index contributed by atoms with van der Waals surface area (Å²) in [5, 5.41) is 3.52. The Kier molecular flexibility index (Phi) is 8.08. The highest BCUT2D eigenvalue weighted by molar-refractivity contribution is 6.31. The van der Waals surface area contributed by atoms with Crippen LogP contribution in [0.1, 0.15) is 19.4 Å². The summed E-state index contributed by atoms with van der Waals surface area (Å²) in [5.41, 5.74) is 2.09. The molecule has 2 aromatic heterocycles. The van der Waals surface area contributed by atoms with Gasteiger partial charge in [0.05, 0.1) is 18.1 Å². The number of halogens is 2. The molecule has 10 heteroatoms. The minimum Gasteiger partial charge on any atom is -0.497 e. The smallest absolute Gasteiger partial charge is 0.263 e. The maximum atomic E-state index is 15.0. The molecule has 0 atom stereocenters. The summed E-state index contributed by atoms with van der Waals surface area (Å²) >= 11 is 6.38. The molecule has 1 amide bonds. The zero-order valence-electron chi connectivity index (χ0n) is 21.9. The number of nitrogens with zero attached hydrogens (tertiary/aromatic N) is 4. The fourth-order valence-electron chi connectivity index (χ4n) is 4.20. The van der Waals surface area contributed by atoms with Gasteiger partial charge in [-0.15, -0.1) is 0 Å². The van der Waals surface area contributed by atoms with E-state index in [2.05, 4.69) is 15.3 Å². The second-order valence-corrected chi connectivity index (χ2v) is 10.0. The predicted octanol–water partition coefficient (Wildman–Crippen LogP) is 4.51. The van der Waals surface area contributed by atoms with Gasteiger partial charge in [-0.2, -0.15) is 0 Å². The fourth-order valence-corrected chi connectivity index (χ4v) is 4.46. The zero-order chi connectivity index (χ0) is 27.6. The number of hydrogen-bond donors (Lipinski definition) is 1. The molecule has 0 radical (unpaired) electrons. The van der Waals surface area contributed by atoms with Gasteiger partial charge >= 0.3 is 0 Å². The minimum absolute atomic E-state index is 0.0194. The number of amides is 1. The van der Waals surface area contributed by atoms with Crippen molar-refractivity contribution >= 4 is 28.5 Å². The van der Waals surface area contributed by atoms with E-state index in [9.17, 15) is 14.0 Å². The molecule has 0 saturated heterocycles. The van der Waals surface area contributed by atoms with Crippen molar-refractivity contribution in [3.8, 4) is 28.3 Å². The van der Waals surface area contributed by atoms with E-state index >= 15 is 0 Å². The summed E-state index contributed by atoms with van der Waals surface area (Å²) in [5.74, 6) is -0.653. The Labute approximate surface area is 225 Å². The first-order valence-corrected chi connectivity index (χ1v) is 12.4. The molecule has 4 rings (SSSR count). The van der Waals surface area contributed by atoms with Gasteiger partial charge in [0.15, 0.2) is 5.65 Å². The standard InChI is InChI=1S/C28H29ClFN5O3/c1-16(2)32-25(36)15-35-27(22-12-21(38-5)6-7-24(22)30)33-26-23(28(35)37)11-19(13-31-26)18-8-17(14-34(3)4)9-20(29)10-18/h6-13,16H,14-15H2,1-5H3,(H,32,36). The Morgan fingerprint density at radius 1 is 1.16 bits per heavy atom. The van der Waals surface area contributed by atoms with Crippen molar-refractivity contribution in [2.45, 2.75) is 33.0 Å². The third-order valence-electron chi connectivity index (χ3n) is 5.77. The first-order valence-electron chi connectivity index (χ1n) is 12.0. The van der Waals surface area contributed by atoms with Gasteiger partial charge in [0.2, 0.25) is 5.91 Å². The topological polar surface area (TPSA) is 89.4 Å². The minimum atomic E-state index is -0.612. The van der Waals surface area contributed by atoms with Crippen molar-refractivity contribution in [2.24, 2.45) is 0 Å². The monoisotopic (exact) mass is 537 g/mol. The van der Waals surface area contributed by atoms with Crippen LogP contribution in [0.5, 0.6) is 5.75 Å². The van der Waals surface area contributed by atoms with E-state index in [1.165, 1.54) is 29.9 Å². The molecule has 2 heterocycles. The number of methoxy groups -OCH3 is 1. The number of benzene rings is 2. The van der Waals surface area contributed by atoms with Gasteiger partial charge in [-0.25, -0.2) is 14.4 Å². The predicted molar refractivity (Wildman–Crippen MR) is 147 cm³/mol. The first-order chi connectivity index (χ1) is 18.0. The molecule has 4 aromatic rings. The second-order valence-electron chi connectivity index (χ2n) is 9.58. The highest BCUT2D eigenvalue weighted by atomic mass is 35.5. The molecule has 0 spiro atoms. The third-order valence-corrected chi connectivity index (χ3v) is 5.98. The summed E-state index contributed by atoms with van der Waals surface area (Å²) in [6, 6.07) is 11.3. The van der Waals surface area contributed by atoms with Crippen LogP contribution in [0.3, 0.4) is 0 Å². The number of carbonyl (C=O) groups excluding carboxylic acids is 1. The van der Waals surface area contributed by atoms with E-state index in [0.717, 1.165) is 11.1 Å². The Bertz CT molecular complexity index is 1570. The van der Waals surface area contributed by atoms with Gasteiger partial charge in [-0.05, 0) is 81.5 Å². The molecule has 0 aliphatic carbocycles. The quantitative estimate of drug-likeness (QED) is 0.356. The molecule has 0 aliphatic rings. The van der Waals surface area contributed by atoms with Gasteiger partial charge in [-0.1, -0.05) is 11.6 Å². The van der Waals surface area contributed by atoms with Gasteiger partial charge < -0.3 is 15.0 Å². The Balaban J connectivity index is 1.92. The number of pyridine rings is 1. The lowest BCUT2D eigenvalue weighted by molar-refractivity contribution is -0.122. The van der Waals surface area contributed by atoms with Crippen LogP contribution in [0.25, 0.3) is 33.5 Å². The lowest BCUT2D eigenvalue weighted by Crippen LogP contribution is -2.37. The Morgan fingerprint density at radius 3 is 2.61 bits per heavy atom. The maximum Gasteiger partial charge on any atom is 0.263 e. The average molecular weight is 538 g/mol. The number of nitrogens with one attached hydrogen (secondary N) is 1. The Hall–Kier alpha value is -3.82. The van der Waals surface area contributed by atoms with Crippen molar-refractivity contribution in [1.82, 2.24) is 24.8 Å². The molecule has 2 aromatic carbocycles. The third kappa shape index (κ3) is 6.00. The molecule has 0 fully saturated rings. The van der Waals surface area contributed by atoms with E-state index in [1.807, 2.05) is 45.0 Å². The van der Waals surface area contributed by atoms with Gasteiger partial charge in [0, 0.05) is 29.4 Å². The molecule has 1 N–H and O–H groups in total. The normalized spacial score (nSPS) is 11.4. The lowest BCUT2D eigenvalue weighted by Gasteiger charge is -2.16. The molecule has 0 saturated carbocycles. The fraction of sp³-hybridized carbons (Fsp3) is 0.286.